The number of rotatable bonds is 4. The van der Waals surface area contributed by atoms with Crippen molar-refractivity contribution in [2.75, 3.05) is 11.7 Å². The Balaban J connectivity index is 2.00. The van der Waals surface area contributed by atoms with E-state index in [1.165, 1.54) is 4.90 Å². The second kappa shape index (κ2) is 5.97. The van der Waals surface area contributed by atoms with Crippen LogP contribution in [0.1, 0.15) is 5.56 Å². The van der Waals surface area contributed by atoms with Gasteiger partial charge in [0.1, 0.15) is 6.20 Å². The molecular weight excluding hydrogens is 250 g/mol. The monoisotopic (exact) mass is 261 g/mol. The van der Waals surface area contributed by atoms with E-state index in [0.717, 1.165) is 11.8 Å². The van der Waals surface area contributed by atoms with Crippen LogP contribution in [0.2, 0.25) is 0 Å². The predicted molar refractivity (Wildman–Crippen MR) is 72.1 cm³/mol. The van der Waals surface area contributed by atoms with Crippen LogP contribution < -0.4 is 11.0 Å². The molecule has 0 bridgehead atoms. The van der Waals surface area contributed by atoms with E-state index in [-0.39, 0.29) is 11.5 Å². The molecule has 2 aromatic rings. The molecule has 2 N–H and O–H groups in total. The van der Waals surface area contributed by atoms with Gasteiger partial charge in [-0.25, -0.2) is 5.43 Å². The van der Waals surface area contributed by atoms with Crippen LogP contribution in [0, 0.1) is 0 Å². The quantitative estimate of drug-likeness (QED) is 0.493. The minimum Gasteiger partial charge on any atom is -0.289 e. The molecule has 0 spiro atoms. The highest BCUT2D eigenvalue weighted by Gasteiger charge is 1.93. The lowest BCUT2D eigenvalue weighted by Gasteiger charge is -1.98. The number of nitrogens with one attached hydrogen (secondary N) is 2. The van der Waals surface area contributed by atoms with Gasteiger partial charge in [0, 0.05) is 4.90 Å². The minimum atomic E-state index is -0.327. The van der Waals surface area contributed by atoms with Crippen LogP contribution in [0.4, 0.5) is 5.95 Å². The van der Waals surface area contributed by atoms with Gasteiger partial charge >= 0.3 is 0 Å². The van der Waals surface area contributed by atoms with Crippen molar-refractivity contribution in [3.63, 3.8) is 0 Å². The Morgan fingerprint density at radius 2 is 2.17 bits per heavy atom. The lowest BCUT2D eigenvalue weighted by molar-refractivity contribution is 0.939. The van der Waals surface area contributed by atoms with Crippen LogP contribution in [0.3, 0.4) is 0 Å². The molecular formula is C11H11N5OS. The maximum atomic E-state index is 10.9. The van der Waals surface area contributed by atoms with E-state index in [4.69, 9.17) is 0 Å². The molecule has 7 heteroatoms. The van der Waals surface area contributed by atoms with Gasteiger partial charge in [-0.1, -0.05) is 12.1 Å². The van der Waals surface area contributed by atoms with Crippen molar-refractivity contribution >= 4 is 23.9 Å². The summed E-state index contributed by atoms with van der Waals surface area (Å²) in [6.07, 6.45) is 4.75. The summed E-state index contributed by atoms with van der Waals surface area (Å²) in [5.41, 5.74) is 3.22. The van der Waals surface area contributed by atoms with E-state index in [9.17, 15) is 4.79 Å². The summed E-state index contributed by atoms with van der Waals surface area (Å²) >= 11 is 1.68. The standard InChI is InChI=1S/C11H11N5OS/c1-18-9-4-2-8(3-5-9)6-12-15-11-14-10(17)7-13-16-11/h2-7H,1H3,(H2,14,15,16,17)/b12-6+. The van der Waals surface area contributed by atoms with Crippen LogP contribution >= 0.6 is 11.8 Å². The highest BCUT2D eigenvalue weighted by atomic mass is 32.2. The van der Waals surface area contributed by atoms with Crippen LogP contribution in [-0.2, 0) is 0 Å². The Kier molecular flexibility index (Phi) is 4.08. The Morgan fingerprint density at radius 1 is 1.39 bits per heavy atom. The fourth-order valence-corrected chi connectivity index (χ4v) is 1.63. The topological polar surface area (TPSA) is 83.0 Å². The van der Waals surface area contributed by atoms with Gasteiger partial charge in [-0.15, -0.1) is 22.0 Å². The van der Waals surface area contributed by atoms with Crippen LogP contribution in [-0.4, -0.2) is 27.7 Å². The molecule has 2 rings (SSSR count). The first-order valence-corrected chi connectivity index (χ1v) is 6.35. The summed E-state index contributed by atoms with van der Waals surface area (Å²) in [5, 5.41) is 11.1. The first-order valence-electron chi connectivity index (χ1n) is 5.13. The average Bonchev–Trinajstić information content (AvgIpc) is 2.40. The third-order valence-corrected chi connectivity index (χ3v) is 2.82. The average molecular weight is 261 g/mol. The number of hydrogen-bond donors (Lipinski definition) is 2. The molecule has 0 saturated heterocycles. The maximum absolute atomic E-state index is 10.9. The number of nitrogens with zero attached hydrogens (tertiary/aromatic N) is 3. The smallest absolute Gasteiger partial charge is 0.271 e. The summed E-state index contributed by atoms with van der Waals surface area (Å²) in [5.74, 6) is 0.208. The number of hydrogen-bond acceptors (Lipinski definition) is 6. The first kappa shape index (κ1) is 12.3. The molecule has 92 valence electrons. The number of benzene rings is 1. The first-order chi connectivity index (χ1) is 8.78. The number of hydrazone groups is 1. The SMILES string of the molecule is CSc1ccc(/C=N/Nc2nncc(=O)[nH]2)cc1. The zero-order chi connectivity index (χ0) is 12.8. The number of aromatic amines is 1. The molecule has 18 heavy (non-hydrogen) atoms. The van der Waals surface area contributed by atoms with Crippen molar-refractivity contribution in [2.45, 2.75) is 4.90 Å². The van der Waals surface area contributed by atoms with E-state index in [1.807, 2.05) is 30.5 Å². The maximum Gasteiger partial charge on any atom is 0.271 e. The molecule has 0 unspecified atom stereocenters. The van der Waals surface area contributed by atoms with Crippen molar-refractivity contribution in [3.05, 3.63) is 46.4 Å². The van der Waals surface area contributed by atoms with Gasteiger partial charge in [0.05, 0.1) is 6.21 Å². The third-order valence-electron chi connectivity index (χ3n) is 2.07. The predicted octanol–water partition coefficient (Wildman–Crippen LogP) is 1.33. The molecule has 0 aliphatic rings. The lowest BCUT2D eigenvalue weighted by Crippen LogP contribution is -2.10. The minimum absolute atomic E-state index is 0.208. The van der Waals surface area contributed by atoms with Crippen LogP contribution in [0.15, 0.2) is 45.3 Å². The molecule has 0 amide bonds. The molecule has 6 nitrogen and oxygen atoms in total. The van der Waals surface area contributed by atoms with Crippen molar-refractivity contribution in [2.24, 2.45) is 5.10 Å². The molecule has 1 aromatic carbocycles. The van der Waals surface area contributed by atoms with Crippen LogP contribution in [0.25, 0.3) is 0 Å². The fourth-order valence-electron chi connectivity index (χ4n) is 1.22. The van der Waals surface area contributed by atoms with Gasteiger partial charge in [0.2, 0.25) is 5.95 Å². The summed E-state index contributed by atoms with van der Waals surface area (Å²) in [4.78, 5) is 14.6. The Labute approximate surface area is 108 Å². The van der Waals surface area contributed by atoms with Gasteiger partial charge in [-0.05, 0) is 24.0 Å². The largest absolute Gasteiger partial charge is 0.289 e. The molecule has 1 heterocycles. The third kappa shape index (κ3) is 3.42. The van der Waals surface area contributed by atoms with E-state index >= 15 is 0 Å². The molecule has 0 atom stereocenters. The van der Waals surface area contributed by atoms with E-state index in [1.54, 1.807) is 18.0 Å². The van der Waals surface area contributed by atoms with Gasteiger partial charge in [-0.2, -0.15) is 5.10 Å². The lowest BCUT2D eigenvalue weighted by atomic mass is 10.2. The fraction of sp³-hybridized carbons (Fsp3) is 0.0909. The van der Waals surface area contributed by atoms with Gasteiger partial charge in [0.15, 0.2) is 0 Å². The van der Waals surface area contributed by atoms with Gasteiger partial charge in [-0.3, -0.25) is 9.78 Å². The van der Waals surface area contributed by atoms with Crippen LogP contribution in [0.5, 0.6) is 0 Å². The zero-order valence-corrected chi connectivity index (χ0v) is 10.4. The Morgan fingerprint density at radius 3 is 2.83 bits per heavy atom. The number of H-pyrrole nitrogens is 1. The van der Waals surface area contributed by atoms with Crippen molar-refractivity contribution in [1.82, 2.24) is 15.2 Å². The van der Waals surface area contributed by atoms with E-state index in [0.29, 0.717) is 0 Å². The highest BCUT2D eigenvalue weighted by Crippen LogP contribution is 2.13. The zero-order valence-electron chi connectivity index (χ0n) is 9.62. The molecule has 0 aliphatic heterocycles. The van der Waals surface area contributed by atoms with E-state index < -0.39 is 0 Å². The van der Waals surface area contributed by atoms with Gasteiger partial charge < -0.3 is 0 Å². The van der Waals surface area contributed by atoms with Crippen molar-refractivity contribution in [3.8, 4) is 0 Å². The summed E-state index contributed by atoms with van der Waals surface area (Å²) < 4.78 is 0. The molecule has 0 saturated carbocycles. The van der Waals surface area contributed by atoms with Crippen molar-refractivity contribution in [1.29, 1.82) is 0 Å². The summed E-state index contributed by atoms with van der Waals surface area (Å²) in [7, 11) is 0. The summed E-state index contributed by atoms with van der Waals surface area (Å²) in [6, 6.07) is 7.93. The highest BCUT2D eigenvalue weighted by molar-refractivity contribution is 7.98. The summed E-state index contributed by atoms with van der Waals surface area (Å²) in [6.45, 7) is 0. The normalized spacial score (nSPS) is 10.7. The molecule has 0 aliphatic carbocycles. The Bertz CT molecular complexity index is 593. The second-order valence-electron chi connectivity index (χ2n) is 3.33. The van der Waals surface area contributed by atoms with Crippen molar-refractivity contribution < 1.29 is 0 Å². The number of anilines is 1. The number of aromatic nitrogens is 3. The molecule has 0 fully saturated rings. The molecule has 1 aromatic heterocycles. The second-order valence-corrected chi connectivity index (χ2v) is 4.21. The van der Waals surface area contributed by atoms with Gasteiger partial charge in [0.25, 0.3) is 5.56 Å². The van der Waals surface area contributed by atoms with E-state index in [2.05, 4.69) is 25.7 Å². The Hall–Kier alpha value is -2.15. The number of thioether (sulfide) groups is 1. The molecule has 0 radical (unpaired) electrons.